The van der Waals surface area contributed by atoms with Gasteiger partial charge in [-0.15, -0.1) is 6.58 Å². The first kappa shape index (κ1) is 14.7. The van der Waals surface area contributed by atoms with E-state index < -0.39 is 0 Å². The highest BCUT2D eigenvalue weighted by molar-refractivity contribution is 5.92. The van der Waals surface area contributed by atoms with Crippen LogP contribution in [0.5, 0.6) is 0 Å². The lowest BCUT2D eigenvalue weighted by atomic mass is 10.2. The van der Waals surface area contributed by atoms with Crippen LogP contribution < -0.4 is 10.6 Å². The molecule has 2 unspecified atom stereocenters. The molecule has 0 saturated heterocycles. The van der Waals surface area contributed by atoms with Gasteiger partial charge in [0.15, 0.2) is 0 Å². The summed E-state index contributed by atoms with van der Waals surface area (Å²) in [4.78, 5) is 25.3. The van der Waals surface area contributed by atoms with Crippen molar-refractivity contribution in [1.29, 1.82) is 0 Å². The molecule has 0 spiro atoms. The van der Waals surface area contributed by atoms with Crippen LogP contribution in [0.25, 0.3) is 0 Å². The van der Waals surface area contributed by atoms with Gasteiger partial charge in [-0.05, 0) is 33.5 Å². The molecule has 1 aliphatic carbocycles. The number of hydrogen-bond donors (Lipinski definition) is 2. The van der Waals surface area contributed by atoms with Crippen molar-refractivity contribution < 1.29 is 9.59 Å². The summed E-state index contributed by atoms with van der Waals surface area (Å²) < 4.78 is 0. The Hall–Kier alpha value is -1.36. The summed E-state index contributed by atoms with van der Waals surface area (Å²) in [6.07, 6.45) is 3.23. The van der Waals surface area contributed by atoms with Gasteiger partial charge < -0.3 is 15.5 Å². The second kappa shape index (κ2) is 7.16. The average Bonchev–Trinajstić information content (AvgIpc) is 3.11. The topological polar surface area (TPSA) is 61.4 Å². The lowest BCUT2D eigenvalue weighted by molar-refractivity contribution is -0.127. The van der Waals surface area contributed by atoms with Gasteiger partial charge in [0.25, 0.3) is 0 Å². The number of carbonyl (C=O) groups excluding carboxylic acids is 2. The molecule has 18 heavy (non-hydrogen) atoms. The quantitative estimate of drug-likeness (QED) is 0.472. The molecule has 0 radical (unpaired) electrons. The van der Waals surface area contributed by atoms with Gasteiger partial charge in [0.1, 0.15) is 0 Å². The zero-order chi connectivity index (χ0) is 13.5. The zero-order valence-corrected chi connectivity index (χ0v) is 11.2. The third kappa shape index (κ3) is 4.87. The molecule has 0 aromatic heterocycles. The van der Waals surface area contributed by atoms with Crippen LogP contribution in [0.3, 0.4) is 0 Å². The highest BCUT2D eigenvalue weighted by Crippen LogP contribution is 2.38. The maximum atomic E-state index is 11.7. The van der Waals surface area contributed by atoms with E-state index in [1.165, 1.54) is 0 Å². The molecule has 0 bridgehead atoms. The molecular formula is C13H23N3O2. The molecule has 0 heterocycles. The number of carbonyl (C=O) groups is 2. The van der Waals surface area contributed by atoms with Crippen molar-refractivity contribution in [3.63, 3.8) is 0 Å². The van der Waals surface area contributed by atoms with Crippen LogP contribution in [0, 0.1) is 11.8 Å². The minimum absolute atomic E-state index is 0.00695. The van der Waals surface area contributed by atoms with Gasteiger partial charge in [0.05, 0.1) is 11.8 Å². The molecular weight excluding hydrogens is 230 g/mol. The van der Waals surface area contributed by atoms with Crippen molar-refractivity contribution >= 4 is 11.8 Å². The summed E-state index contributed by atoms with van der Waals surface area (Å²) >= 11 is 0. The van der Waals surface area contributed by atoms with E-state index >= 15 is 0 Å². The van der Waals surface area contributed by atoms with Gasteiger partial charge in [-0.2, -0.15) is 0 Å². The number of amides is 2. The first-order valence-electron chi connectivity index (χ1n) is 6.37. The Kier molecular flexibility index (Phi) is 5.85. The maximum Gasteiger partial charge on any atom is 0.224 e. The molecule has 0 aromatic rings. The van der Waals surface area contributed by atoms with Crippen LogP contribution in [0.4, 0.5) is 0 Å². The van der Waals surface area contributed by atoms with Gasteiger partial charge >= 0.3 is 0 Å². The standard InChI is InChI=1S/C13H23N3O2/c1-4-6-14-12(17)10-9-11(10)13(18)15-7-5-8-16(2)3/h4,10-11H,1,5-9H2,2-3H3,(H,14,17)(H,15,18). The van der Waals surface area contributed by atoms with Crippen molar-refractivity contribution in [3.8, 4) is 0 Å². The highest BCUT2D eigenvalue weighted by atomic mass is 16.2. The van der Waals surface area contributed by atoms with Crippen LogP contribution in [-0.4, -0.2) is 50.4 Å². The SMILES string of the molecule is C=CCNC(=O)C1CC1C(=O)NCCCN(C)C. The van der Waals surface area contributed by atoms with E-state index in [9.17, 15) is 9.59 Å². The number of rotatable bonds is 8. The van der Waals surface area contributed by atoms with Crippen molar-refractivity contribution in [3.05, 3.63) is 12.7 Å². The van der Waals surface area contributed by atoms with Crippen LogP contribution in [0.2, 0.25) is 0 Å². The minimum Gasteiger partial charge on any atom is -0.356 e. The number of nitrogens with zero attached hydrogens (tertiary/aromatic N) is 1. The molecule has 1 rings (SSSR count). The fourth-order valence-corrected chi connectivity index (χ4v) is 1.82. The molecule has 1 aliphatic rings. The molecule has 0 aliphatic heterocycles. The molecule has 102 valence electrons. The third-order valence-corrected chi connectivity index (χ3v) is 2.97. The second-order valence-electron chi connectivity index (χ2n) is 4.93. The predicted molar refractivity (Wildman–Crippen MR) is 71.0 cm³/mol. The number of hydrogen-bond acceptors (Lipinski definition) is 3. The fourth-order valence-electron chi connectivity index (χ4n) is 1.82. The Morgan fingerprint density at radius 1 is 1.28 bits per heavy atom. The average molecular weight is 253 g/mol. The van der Waals surface area contributed by atoms with E-state index in [1.807, 2.05) is 14.1 Å². The third-order valence-electron chi connectivity index (χ3n) is 2.97. The fraction of sp³-hybridized carbons (Fsp3) is 0.692. The van der Waals surface area contributed by atoms with E-state index in [-0.39, 0.29) is 23.7 Å². The van der Waals surface area contributed by atoms with Crippen molar-refractivity contribution in [2.75, 3.05) is 33.7 Å². The van der Waals surface area contributed by atoms with Crippen LogP contribution >= 0.6 is 0 Å². The normalized spacial score (nSPS) is 21.5. The molecule has 1 fully saturated rings. The van der Waals surface area contributed by atoms with Crippen molar-refractivity contribution in [2.45, 2.75) is 12.8 Å². The van der Waals surface area contributed by atoms with Gasteiger partial charge in [-0.1, -0.05) is 6.08 Å². The van der Waals surface area contributed by atoms with E-state index in [0.29, 0.717) is 19.5 Å². The smallest absolute Gasteiger partial charge is 0.224 e. The van der Waals surface area contributed by atoms with Crippen LogP contribution in [0.15, 0.2) is 12.7 Å². The summed E-state index contributed by atoms with van der Waals surface area (Å²) in [5.41, 5.74) is 0. The first-order valence-corrected chi connectivity index (χ1v) is 6.37. The van der Waals surface area contributed by atoms with Gasteiger partial charge in [-0.25, -0.2) is 0 Å². The van der Waals surface area contributed by atoms with Crippen LogP contribution in [-0.2, 0) is 9.59 Å². The summed E-state index contributed by atoms with van der Waals surface area (Å²) in [7, 11) is 4.01. The molecule has 2 amide bonds. The molecule has 2 N–H and O–H groups in total. The molecule has 1 saturated carbocycles. The summed E-state index contributed by atoms with van der Waals surface area (Å²) in [5.74, 6) is -0.302. The summed E-state index contributed by atoms with van der Waals surface area (Å²) in [5, 5.41) is 5.59. The lowest BCUT2D eigenvalue weighted by Crippen LogP contribution is -2.31. The van der Waals surface area contributed by atoms with Crippen molar-refractivity contribution in [2.24, 2.45) is 11.8 Å². The largest absolute Gasteiger partial charge is 0.356 e. The Morgan fingerprint density at radius 2 is 1.89 bits per heavy atom. The Bertz CT molecular complexity index is 315. The summed E-state index contributed by atoms with van der Waals surface area (Å²) in [6.45, 7) is 5.63. The minimum atomic E-state index is -0.140. The Labute approximate surface area is 109 Å². The monoisotopic (exact) mass is 253 g/mol. The van der Waals surface area contributed by atoms with E-state index in [0.717, 1.165) is 13.0 Å². The molecule has 2 atom stereocenters. The van der Waals surface area contributed by atoms with Crippen LogP contribution in [0.1, 0.15) is 12.8 Å². The second-order valence-corrected chi connectivity index (χ2v) is 4.93. The van der Waals surface area contributed by atoms with Gasteiger partial charge in [-0.3, -0.25) is 9.59 Å². The molecule has 5 heteroatoms. The Balaban J connectivity index is 2.13. The van der Waals surface area contributed by atoms with Gasteiger partial charge in [0, 0.05) is 13.1 Å². The molecule has 5 nitrogen and oxygen atoms in total. The maximum absolute atomic E-state index is 11.7. The van der Waals surface area contributed by atoms with Gasteiger partial charge in [0.2, 0.25) is 11.8 Å². The van der Waals surface area contributed by atoms with E-state index in [1.54, 1.807) is 6.08 Å². The summed E-state index contributed by atoms with van der Waals surface area (Å²) in [6, 6.07) is 0. The van der Waals surface area contributed by atoms with E-state index in [2.05, 4.69) is 22.1 Å². The molecule has 0 aromatic carbocycles. The predicted octanol–water partition coefficient (Wildman–Crippen LogP) is -0.00740. The van der Waals surface area contributed by atoms with E-state index in [4.69, 9.17) is 0 Å². The van der Waals surface area contributed by atoms with Crippen molar-refractivity contribution in [1.82, 2.24) is 15.5 Å². The Morgan fingerprint density at radius 3 is 2.44 bits per heavy atom. The number of nitrogens with one attached hydrogen (secondary N) is 2. The highest BCUT2D eigenvalue weighted by Gasteiger charge is 2.47. The zero-order valence-electron chi connectivity index (χ0n) is 11.2. The lowest BCUT2D eigenvalue weighted by Gasteiger charge is -2.09. The first-order chi connectivity index (χ1) is 8.56.